The van der Waals surface area contributed by atoms with Gasteiger partial charge in [0.15, 0.2) is 0 Å². The van der Waals surface area contributed by atoms with Crippen molar-refractivity contribution in [2.24, 2.45) is 5.92 Å². The van der Waals surface area contributed by atoms with E-state index in [1.807, 2.05) is 0 Å². The Kier molecular flexibility index (Phi) is 3.14. The van der Waals surface area contributed by atoms with Gasteiger partial charge in [0.05, 0.1) is 17.6 Å². The number of hydrogen-bond donors (Lipinski definition) is 0. The van der Waals surface area contributed by atoms with Gasteiger partial charge in [-0.15, -0.1) is 11.6 Å². The normalized spacial score (nSPS) is 36.1. The van der Waals surface area contributed by atoms with Crippen molar-refractivity contribution in [1.29, 1.82) is 0 Å². The maximum atomic E-state index is 6.57. The molecule has 1 saturated heterocycles. The number of halogens is 1. The van der Waals surface area contributed by atoms with E-state index in [0.29, 0.717) is 18.1 Å². The number of ether oxygens (including phenoxy) is 1. The zero-order valence-electron chi connectivity index (χ0n) is 10.2. The Morgan fingerprint density at radius 1 is 1.29 bits per heavy atom. The Morgan fingerprint density at radius 3 is 2.82 bits per heavy atom. The van der Waals surface area contributed by atoms with Crippen molar-refractivity contribution >= 4 is 11.6 Å². The summed E-state index contributed by atoms with van der Waals surface area (Å²) in [7, 11) is 0. The van der Waals surface area contributed by atoms with Gasteiger partial charge in [0.2, 0.25) is 0 Å². The van der Waals surface area contributed by atoms with Gasteiger partial charge in [0.25, 0.3) is 0 Å². The molecule has 4 unspecified atom stereocenters. The highest BCUT2D eigenvalue weighted by Crippen LogP contribution is 2.44. The first-order valence-corrected chi connectivity index (χ1v) is 7.05. The van der Waals surface area contributed by atoms with E-state index in [9.17, 15) is 0 Å². The number of alkyl halides is 1. The number of rotatable bonds is 2. The zero-order valence-corrected chi connectivity index (χ0v) is 11.0. The SMILES string of the molecule is CC1CCC(CC2Cc3ccccc3C2Cl)O1. The van der Waals surface area contributed by atoms with E-state index in [2.05, 4.69) is 31.2 Å². The minimum absolute atomic E-state index is 0.186. The molecule has 0 radical (unpaired) electrons. The maximum absolute atomic E-state index is 6.57. The molecule has 4 atom stereocenters. The fourth-order valence-electron chi connectivity index (χ4n) is 3.23. The lowest BCUT2D eigenvalue weighted by atomic mass is 9.96. The smallest absolute Gasteiger partial charge is 0.0620 e. The van der Waals surface area contributed by atoms with Crippen LogP contribution < -0.4 is 0 Å². The molecular weight excluding hydrogens is 232 g/mol. The van der Waals surface area contributed by atoms with E-state index in [1.54, 1.807) is 0 Å². The first-order chi connectivity index (χ1) is 8.24. The van der Waals surface area contributed by atoms with E-state index < -0.39 is 0 Å². The summed E-state index contributed by atoms with van der Waals surface area (Å²) in [5.41, 5.74) is 2.77. The summed E-state index contributed by atoms with van der Waals surface area (Å²) in [4.78, 5) is 0. The lowest BCUT2D eigenvalue weighted by Crippen LogP contribution is -2.15. The van der Waals surface area contributed by atoms with Gasteiger partial charge in [-0.3, -0.25) is 0 Å². The van der Waals surface area contributed by atoms with Crippen molar-refractivity contribution in [3.05, 3.63) is 35.4 Å². The second kappa shape index (κ2) is 4.62. The fraction of sp³-hybridized carbons (Fsp3) is 0.600. The van der Waals surface area contributed by atoms with Gasteiger partial charge in [-0.2, -0.15) is 0 Å². The summed E-state index contributed by atoms with van der Waals surface area (Å²) in [6.45, 7) is 2.17. The molecule has 0 N–H and O–H groups in total. The molecule has 1 aliphatic heterocycles. The standard InChI is InChI=1S/C15H19ClO/c1-10-6-7-13(17-10)9-12-8-11-4-2-3-5-14(11)15(12)16/h2-5,10,12-13,15H,6-9H2,1H3. The Labute approximate surface area is 108 Å². The number of fused-ring (bicyclic) bond motifs is 1. The molecule has 0 saturated carbocycles. The number of benzene rings is 1. The van der Waals surface area contributed by atoms with Crippen LogP contribution in [0.15, 0.2) is 24.3 Å². The minimum atomic E-state index is 0.186. The molecule has 0 spiro atoms. The Balaban J connectivity index is 1.68. The minimum Gasteiger partial charge on any atom is -0.375 e. The summed E-state index contributed by atoms with van der Waals surface area (Å²) in [6, 6.07) is 8.58. The van der Waals surface area contributed by atoms with Crippen molar-refractivity contribution in [2.45, 2.75) is 50.2 Å². The molecule has 1 aliphatic carbocycles. The molecule has 92 valence electrons. The van der Waals surface area contributed by atoms with Gasteiger partial charge >= 0.3 is 0 Å². The zero-order chi connectivity index (χ0) is 11.8. The van der Waals surface area contributed by atoms with E-state index in [0.717, 1.165) is 12.8 Å². The number of hydrogen-bond acceptors (Lipinski definition) is 1. The average molecular weight is 251 g/mol. The van der Waals surface area contributed by atoms with Crippen LogP contribution in [-0.4, -0.2) is 12.2 Å². The van der Waals surface area contributed by atoms with Gasteiger partial charge in [0, 0.05) is 0 Å². The topological polar surface area (TPSA) is 9.23 Å². The molecular formula is C15H19ClO. The van der Waals surface area contributed by atoms with Crippen LogP contribution in [0.1, 0.15) is 42.7 Å². The van der Waals surface area contributed by atoms with Crippen molar-refractivity contribution in [3.8, 4) is 0 Å². The van der Waals surface area contributed by atoms with E-state index in [1.165, 1.54) is 24.0 Å². The largest absolute Gasteiger partial charge is 0.375 e. The third kappa shape index (κ3) is 2.23. The second-order valence-electron chi connectivity index (χ2n) is 5.45. The quantitative estimate of drug-likeness (QED) is 0.719. The molecule has 0 aromatic heterocycles. The van der Waals surface area contributed by atoms with Crippen molar-refractivity contribution in [3.63, 3.8) is 0 Å². The third-order valence-electron chi connectivity index (χ3n) is 4.13. The van der Waals surface area contributed by atoms with E-state index >= 15 is 0 Å². The van der Waals surface area contributed by atoms with Crippen molar-refractivity contribution < 1.29 is 4.74 Å². The Morgan fingerprint density at radius 2 is 2.12 bits per heavy atom. The molecule has 1 fully saturated rings. The fourth-order valence-corrected chi connectivity index (χ4v) is 3.63. The van der Waals surface area contributed by atoms with Gasteiger partial charge in [0.1, 0.15) is 0 Å². The van der Waals surface area contributed by atoms with Crippen LogP contribution in [0.3, 0.4) is 0 Å². The van der Waals surface area contributed by atoms with Crippen molar-refractivity contribution in [1.82, 2.24) is 0 Å². The lowest BCUT2D eigenvalue weighted by molar-refractivity contribution is 0.0413. The van der Waals surface area contributed by atoms with Crippen LogP contribution in [0.4, 0.5) is 0 Å². The van der Waals surface area contributed by atoms with Crippen LogP contribution in [0.2, 0.25) is 0 Å². The Hall–Kier alpha value is -0.530. The summed E-state index contributed by atoms with van der Waals surface area (Å²) < 4.78 is 5.91. The van der Waals surface area contributed by atoms with Crippen LogP contribution in [-0.2, 0) is 11.2 Å². The highest BCUT2D eigenvalue weighted by atomic mass is 35.5. The van der Waals surface area contributed by atoms with Crippen LogP contribution >= 0.6 is 11.6 Å². The van der Waals surface area contributed by atoms with Gasteiger partial charge in [-0.05, 0) is 49.7 Å². The Bertz CT molecular complexity index is 404. The predicted octanol–water partition coefficient (Wildman–Crippen LogP) is 4.10. The summed E-state index contributed by atoms with van der Waals surface area (Å²) in [5, 5.41) is 0.186. The lowest BCUT2D eigenvalue weighted by Gasteiger charge is -2.19. The van der Waals surface area contributed by atoms with Crippen molar-refractivity contribution in [2.75, 3.05) is 0 Å². The van der Waals surface area contributed by atoms with Gasteiger partial charge in [-0.1, -0.05) is 24.3 Å². The van der Waals surface area contributed by atoms with Gasteiger partial charge < -0.3 is 4.74 Å². The molecule has 2 heteroatoms. The van der Waals surface area contributed by atoms with E-state index in [-0.39, 0.29) is 5.38 Å². The first kappa shape index (κ1) is 11.6. The molecule has 1 nitrogen and oxygen atoms in total. The predicted molar refractivity (Wildman–Crippen MR) is 70.4 cm³/mol. The monoisotopic (exact) mass is 250 g/mol. The molecule has 17 heavy (non-hydrogen) atoms. The molecule has 1 aromatic rings. The van der Waals surface area contributed by atoms with Crippen LogP contribution in [0.25, 0.3) is 0 Å². The highest BCUT2D eigenvalue weighted by molar-refractivity contribution is 6.21. The third-order valence-corrected chi connectivity index (χ3v) is 4.73. The molecule has 0 amide bonds. The van der Waals surface area contributed by atoms with Crippen LogP contribution in [0, 0.1) is 5.92 Å². The van der Waals surface area contributed by atoms with Crippen LogP contribution in [0.5, 0.6) is 0 Å². The highest BCUT2D eigenvalue weighted by Gasteiger charge is 2.34. The second-order valence-corrected chi connectivity index (χ2v) is 5.92. The maximum Gasteiger partial charge on any atom is 0.0620 e. The average Bonchev–Trinajstić information content (AvgIpc) is 2.86. The summed E-state index contributed by atoms with van der Waals surface area (Å²) >= 11 is 6.57. The molecule has 1 heterocycles. The molecule has 2 aliphatic rings. The summed E-state index contributed by atoms with van der Waals surface area (Å²) in [5.74, 6) is 0.560. The molecule has 0 bridgehead atoms. The molecule has 3 rings (SSSR count). The summed E-state index contributed by atoms with van der Waals surface area (Å²) in [6.07, 6.45) is 5.53. The molecule has 1 aromatic carbocycles. The van der Waals surface area contributed by atoms with Gasteiger partial charge in [-0.25, -0.2) is 0 Å². The first-order valence-electron chi connectivity index (χ1n) is 6.61. The van der Waals surface area contributed by atoms with E-state index in [4.69, 9.17) is 16.3 Å².